The van der Waals surface area contributed by atoms with E-state index in [-0.39, 0.29) is 5.03 Å². The first-order chi connectivity index (χ1) is 7.09. The minimum atomic E-state index is -3.90. The molecule has 2 N–H and O–H groups in total. The second kappa shape index (κ2) is 3.87. The highest BCUT2D eigenvalue weighted by atomic mass is 32.2. The topological polar surface area (TPSA) is 104 Å². The van der Waals surface area contributed by atoms with Crippen LogP contribution in [0.15, 0.2) is 17.3 Å². The zero-order valence-electron chi connectivity index (χ0n) is 9.17. The first kappa shape index (κ1) is 12.7. The average Bonchev–Trinajstić information content (AvgIpc) is 2.46. The monoisotopic (exact) mass is 247 g/mol. The van der Waals surface area contributed by atoms with Crippen molar-refractivity contribution in [3.05, 3.63) is 12.3 Å². The molecule has 1 aromatic rings. The standard InChI is InChI=1S/C8H13N3O4S/c1-8(2,3)15-7(12)11-5-4-6(10-11)16(9,13)14/h4-5H,1-3H3,(H2,9,13,14). The molecular formula is C8H13N3O4S. The van der Waals surface area contributed by atoms with Gasteiger partial charge in [0.1, 0.15) is 5.60 Å². The molecule has 0 unspecified atom stereocenters. The molecule has 0 bridgehead atoms. The summed E-state index contributed by atoms with van der Waals surface area (Å²) in [6.45, 7) is 5.07. The van der Waals surface area contributed by atoms with E-state index in [0.717, 1.165) is 10.7 Å². The van der Waals surface area contributed by atoms with E-state index in [1.54, 1.807) is 20.8 Å². The van der Waals surface area contributed by atoms with E-state index in [1.807, 2.05) is 0 Å². The van der Waals surface area contributed by atoms with Crippen LogP contribution in [0.3, 0.4) is 0 Å². The Morgan fingerprint density at radius 1 is 1.50 bits per heavy atom. The molecule has 0 atom stereocenters. The highest BCUT2D eigenvalue weighted by Crippen LogP contribution is 2.09. The third-order valence-electron chi connectivity index (χ3n) is 1.44. The van der Waals surface area contributed by atoms with Gasteiger partial charge in [0.05, 0.1) is 0 Å². The van der Waals surface area contributed by atoms with Crippen LogP contribution in [-0.2, 0) is 14.8 Å². The maximum absolute atomic E-state index is 11.4. The molecule has 1 aromatic heterocycles. The number of carbonyl (C=O) groups excluding carboxylic acids is 1. The fourth-order valence-corrected chi connectivity index (χ4v) is 1.32. The summed E-state index contributed by atoms with van der Waals surface area (Å²) in [5, 5.41) is 7.96. The van der Waals surface area contributed by atoms with Crippen molar-refractivity contribution in [1.29, 1.82) is 0 Å². The summed E-state index contributed by atoms with van der Waals surface area (Å²) in [7, 11) is -3.90. The molecule has 7 nitrogen and oxygen atoms in total. The van der Waals surface area contributed by atoms with Crippen LogP contribution in [0.25, 0.3) is 0 Å². The van der Waals surface area contributed by atoms with Crippen LogP contribution in [0.1, 0.15) is 20.8 Å². The highest BCUT2D eigenvalue weighted by molar-refractivity contribution is 7.89. The van der Waals surface area contributed by atoms with Gasteiger partial charge in [0.25, 0.3) is 10.0 Å². The molecule has 90 valence electrons. The van der Waals surface area contributed by atoms with Crippen LogP contribution in [0.2, 0.25) is 0 Å². The Hall–Kier alpha value is -1.41. The minimum Gasteiger partial charge on any atom is -0.442 e. The number of nitrogens with zero attached hydrogens (tertiary/aromatic N) is 2. The summed E-state index contributed by atoms with van der Waals surface area (Å²) in [6.07, 6.45) is 0.413. The van der Waals surface area contributed by atoms with Crippen LogP contribution < -0.4 is 5.14 Å². The fraction of sp³-hybridized carbons (Fsp3) is 0.500. The lowest BCUT2D eigenvalue weighted by molar-refractivity contribution is 0.0512. The largest absolute Gasteiger partial charge is 0.442 e. The van der Waals surface area contributed by atoms with Gasteiger partial charge in [-0.1, -0.05) is 0 Å². The Balaban J connectivity index is 2.92. The summed E-state index contributed by atoms with van der Waals surface area (Å²) in [6, 6.07) is 1.12. The van der Waals surface area contributed by atoms with E-state index in [0.29, 0.717) is 0 Å². The second-order valence-corrected chi connectivity index (χ2v) is 5.63. The van der Waals surface area contributed by atoms with E-state index in [1.165, 1.54) is 6.20 Å². The molecule has 0 aliphatic carbocycles. The Labute approximate surface area is 93.2 Å². The van der Waals surface area contributed by atoms with Gasteiger partial charge in [-0.25, -0.2) is 18.4 Å². The fourth-order valence-electron chi connectivity index (χ4n) is 0.869. The molecule has 0 saturated carbocycles. The Bertz CT molecular complexity index is 498. The Kier molecular flexibility index (Phi) is 3.06. The van der Waals surface area contributed by atoms with E-state index in [9.17, 15) is 13.2 Å². The van der Waals surface area contributed by atoms with Gasteiger partial charge in [-0.05, 0) is 26.8 Å². The zero-order chi connectivity index (χ0) is 12.6. The average molecular weight is 247 g/mol. The van der Waals surface area contributed by atoms with Gasteiger partial charge in [-0.3, -0.25) is 0 Å². The second-order valence-electron chi connectivity index (χ2n) is 4.12. The number of carbonyl (C=O) groups is 1. The molecule has 0 fully saturated rings. The van der Waals surface area contributed by atoms with Gasteiger partial charge in [-0.2, -0.15) is 4.68 Å². The van der Waals surface area contributed by atoms with Crippen LogP contribution in [0.4, 0.5) is 4.79 Å². The molecule has 0 spiro atoms. The van der Waals surface area contributed by atoms with Gasteiger partial charge in [0.2, 0.25) is 0 Å². The number of ether oxygens (including phenoxy) is 1. The summed E-state index contributed by atoms with van der Waals surface area (Å²) < 4.78 is 27.6. The number of sulfonamides is 1. The van der Waals surface area contributed by atoms with Crippen molar-refractivity contribution in [2.75, 3.05) is 0 Å². The molecule has 16 heavy (non-hydrogen) atoms. The number of hydrogen-bond acceptors (Lipinski definition) is 5. The van der Waals surface area contributed by atoms with Gasteiger partial charge in [-0.15, -0.1) is 5.10 Å². The van der Waals surface area contributed by atoms with Crippen molar-refractivity contribution < 1.29 is 17.9 Å². The molecule has 0 radical (unpaired) electrons. The Morgan fingerprint density at radius 2 is 2.06 bits per heavy atom. The zero-order valence-corrected chi connectivity index (χ0v) is 9.98. The number of nitrogens with two attached hydrogens (primary N) is 1. The van der Waals surface area contributed by atoms with Gasteiger partial charge in [0, 0.05) is 6.20 Å². The lowest BCUT2D eigenvalue weighted by atomic mass is 10.2. The van der Waals surface area contributed by atoms with E-state index in [2.05, 4.69) is 5.10 Å². The maximum atomic E-state index is 11.4. The third kappa shape index (κ3) is 3.31. The van der Waals surface area contributed by atoms with Crippen molar-refractivity contribution in [2.45, 2.75) is 31.4 Å². The summed E-state index contributed by atoms with van der Waals surface area (Å²) in [5.74, 6) is 0. The molecule has 0 aliphatic heterocycles. The van der Waals surface area contributed by atoms with Crippen LogP contribution in [0.5, 0.6) is 0 Å². The number of hydrogen-bond donors (Lipinski definition) is 1. The molecule has 8 heteroatoms. The quantitative estimate of drug-likeness (QED) is 0.769. The molecular weight excluding hydrogens is 234 g/mol. The van der Waals surface area contributed by atoms with Gasteiger partial charge in [0.15, 0.2) is 5.03 Å². The van der Waals surface area contributed by atoms with Crippen molar-refractivity contribution >= 4 is 16.1 Å². The molecule has 0 saturated heterocycles. The smallest absolute Gasteiger partial charge is 0.435 e. The van der Waals surface area contributed by atoms with E-state index < -0.39 is 21.7 Å². The van der Waals surface area contributed by atoms with Crippen molar-refractivity contribution in [3.63, 3.8) is 0 Å². The van der Waals surface area contributed by atoms with Crippen molar-refractivity contribution in [2.24, 2.45) is 5.14 Å². The molecule has 0 aliphatic rings. The normalized spacial score (nSPS) is 12.5. The molecule has 0 aromatic carbocycles. The molecule has 1 rings (SSSR count). The Morgan fingerprint density at radius 3 is 2.44 bits per heavy atom. The van der Waals surface area contributed by atoms with Crippen molar-refractivity contribution in [3.8, 4) is 0 Å². The lowest BCUT2D eigenvalue weighted by Crippen LogP contribution is -2.27. The van der Waals surface area contributed by atoms with Gasteiger partial charge < -0.3 is 4.74 Å². The maximum Gasteiger partial charge on any atom is 0.435 e. The first-order valence-electron chi connectivity index (χ1n) is 4.41. The first-order valence-corrected chi connectivity index (χ1v) is 5.96. The predicted molar refractivity (Wildman–Crippen MR) is 55.2 cm³/mol. The number of primary sulfonamides is 1. The minimum absolute atomic E-state index is 0.377. The molecule has 1 heterocycles. The number of aromatic nitrogens is 2. The van der Waals surface area contributed by atoms with Crippen molar-refractivity contribution in [1.82, 2.24) is 9.78 Å². The highest BCUT2D eigenvalue weighted by Gasteiger charge is 2.20. The van der Waals surface area contributed by atoms with Gasteiger partial charge >= 0.3 is 6.09 Å². The number of rotatable bonds is 1. The predicted octanol–water partition coefficient (Wildman–Crippen LogP) is 0.314. The SMILES string of the molecule is CC(C)(C)OC(=O)n1ccc(S(N)(=O)=O)n1. The summed E-state index contributed by atoms with van der Waals surface area (Å²) in [4.78, 5) is 11.4. The summed E-state index contributed by atoms with van der Waals surface area (Å²) >= 11 is 0. The third-order valence-corrected chi connectivity index (χ3v) is 2.24. The van der Waals surface area contributed by atoms with E-state index >= 15 is 0 Å². The summed E-state index contributed by atoms with van der Waals surface area (Å²) in [5.41, 5.74) is -0.676. The van der Waals surface area contributed by atoms with E-state index in [4.69, 9.17) is 9.88 Å². The van der Waals surface area contributed by atoms with Crippen LogP contribution in [0, 0.1) is 0 Å². The van der Waals surface area contributed by atoms with Crippen LogP contribution >= 0.6 is 0 Å². The van der Waals surface area contributed by atoms with Crippen LogP contribution in [-0.4, -0.2) is 29.9 Å². The lowest BCUT2D eigenvalue weighted by Gasteiger charge is -2.18. The molecule has 0 amide bonds.